The van der Waals surface area contributed by atoms with Crippen LogP contribution in [0.25, 0.3) is 0 Å². The summed E-state index contributed by atoms with van der Waals surface area (Å²) in [5.74, 6) is 0. The highest BCUT2D eigenvalue weighted by Gasteiger charge is 2.04. The number of rotatable bonds is 9. The molecule has 0 atom stereocenters. The maximum atomic E-state index is 4.18. The molecule has 2 rings (SSSR count). The van der Waals surface area contributed by atoms with E-state index in [1.807, 2.05) is 10.9 Å². The minimum absolute atomic E-state index is 0.804. The minimum atomic E-state index is 0.804. The summed E-state index contributed by atoms with van der Waals surface area (Å²) in [7, 11) is 2.14. The van der Waals surface area contributed by atoms with E-state index in [4.69, 9.17) is 0 Å². The zero-order valence-corrected chi connectivity index (χ0v) is 13.1. The van der Waals surface area contributed by atoms with Crippen molar-refractivity contribution in [2.45, 2.75) is 33.0 Å². The van der Waals surface area contributed by atoms with Crippen molar-refractivity contribution in [2.24, 2.45) is 0 Å². The third-order valence-electron chi connectivity index (χ3n) is 3.04. The molecule has 0 unspecified atom stereocenters. The summed E-state index contributed by atoms with van der Waals surface area (Å²) in [5, 5.41) is 13.8. The molecule has 0 saturated heterocycles. The maximum Gasteiger partial charge on any atom is 0.0964 e. The second kappa shape index (κ2) is 8.14. The zero-order valence-electron chi connectivity index (χ0n) is 12.2. The smallest absolute Gasteiger partial charge is 0.0964 e. The molecule has 0 aliphatic heterocycles. The van der Waals surface area contributed by atoms with E-state index in [9.17, 15) is 0 Å². The van der Waals surface area contributed by atoms with E-state index in [1.54, 1.807) is 11.3 Å². The standard InChI is InChI=1S/C14H23N5S/c1-3-6-15-10-13-11-19(17-16-13)8-7-18(2)12-14-5-4-9-20-14/h4-5,9,11,15H,3,6-8,10,12H2,1-2H3. The molecule has 20 heavy (non-hydrogen) atoms. The van der Waals surface area contributed by atoms with Gasteiger partial charge in [0.25, 0.3) is 0 Å². The highest BCUT2D eigenvalue weighted by molar-refractivity contribution is 7.09. The monoisotopic (exact) mass is 293 g/mol. The molecular formula is C14H23N5S. The normalized spacial score (nSPS) is 11.3. The Balaban J connectivity index is 1.70. The molecule has 0 radical (unpaired) electrons. The Morgan fingerprint density at radius 3 is 3.10 bits per heavy atom. The van der Waals surface area contributed by atoms with Gasteiger partial charge in [0.05, 0.1) is 12.2 Å². The second-order valence-electron chi connectivity index (χ2n) is 4.97. The van der Waals surface area contributed by atoms with Crippen molar-refractivity contribution in [1.29, 1.82) is 0 Å². The molecule has 2 aromatic heterocycles. The van der Waals surface area contributed by atoms with Gasteiger partial charge in [0.1, 0.15) is 0 Å². The number of nitrogens with zero attached hydrogens (tertiary/aromatic N) is 4. The molecule has 0 aliphatic carbocycles. The molecule has 0 aliphatic rings. The number of aromatic nitrogens is 3. The van der Waals surface area contributed by atoms with Crippen LogP contribution in [0, 0.1) is 0 Å². The predicted octanol–water partition coefficient (Wildman–Crippen LogP) is 1.97. The van der Waals surface area contributed by atoms with Crippen LogP contribution in [0.1, 0.15) is 23.9 Å². The van der Waals surface area contributed by atoms with Crippen LogP contribution in [-0.2, 0) is 19.6 Å². The molecule has 0 bridgehead atoms. The Kier molecular flexibility index (Phi) is 6.17. The number of likely N-dealkylation sites (N-methyl/N-ethyl adjacent to an activating group) is 1. The Hall–Kier alpha value is -1.24. The summed E-state index contributed by atoms with van der Waals surface area (Å²) in [6.07, 6.45) is 3.17. The average Bonchev–Trinajstić information content (AvgIpc) is 3.08. The van der Waals surface area contributed by atoms with E-state index in [0.29, 0.717) is 0 Å². The Bertz CT molecular complexity index is 479. The fourth-order valence-electron chi connectivity index (χ4n) is 1.94. The molecule has 0 fully saturated rings. The van der Waals surface area contributed by atoms with Crippen molar-refractivity contribution in [2.75, 3.05) is 20.1 Å². The number of thiophene rings is 1. The second-order valence-corrected chi connectivity index (χ2v) is 6.00. The van der Waals surface area contributed by atoms with E-state index >= 15 is 0 Å². The van der Waals surface area contributed by atoms with Gasteiger partial charge in [-0.15, -0.1) is 16.4 Å². The van der Waals surface area contributed by atoms with Crippen LogP contribution >= 0.6 is 11.3 Å². The van der Waals surface area contributed by atoms with Crippen molar-refractivity contribution in [3.63, 3.8) is 0 Å². The molecule has 0 amide bonds. The van der Waals surface area contributed by atoms with Crippen LogP contribution in [0.3, 0.4) is 0 Å². The van der Waals surface area contributed by atoms with E-state index < -0.39 is 0 Å². The highest BCUT2D eigenvalue weighted by Crippen LogP contribution is 2.10. The lowest BCUT2D eigenvalue weighted by molar-refractivity contribution is 0.306. The number of hydrogen-bond acceptors (Lipinski definition) is 5. The Morgan fingerprint density at radius 2 is 2.35 bits per heavy atom. The van der Waals surface area contributed by atoms with Gasteiger partial charge in [-0.2, -0.15) is 0 Å². The highest BCUT2D eigenvalue weighted by atomic mass is 32.1. The van der Waals surface area contributed by atoms with E-state index in [2.05, 4.69) is 52.0 Å². The van der Waals surface area contributed by atoms with Gasteiger partial charge in [-0.05, 0) is 31.5 Å². The predicted molar refractivity (Wildman–Crippen MR) is 82.7 cm³/mol. The molecule has 0 saturated carbocycles. The van der Waals surface area contributed by atoms with E-state index in [-0.39, 0.29) is 0 Å². The number of hydrogen-bond donors (Lipinski definition) is 1. The molecule has 2 heterocycles. The van der Waals surface area contributed by atoms with Crippen molar-refractivity contribution >= 4 is 11.3 Å². The molecular weight excluding hydrogens is 270 g/mol. The summed E-state index contributed by atoms with van der Waals surface area (Å²) in [6, 6.07) is 4.27. The first kappa shape index (κ1) is 15.2. The fourth-order valence-corrected chi connectivity index (χ4v) is 2.73. The lowest BCUT2D eigenvalue weighted by Gasteiger charge is -2.14. The van der Waals surface area contributed by atoms with Gasteiger partial charge in [-0.25, -0.2) is 0 Å². The van der Waals surface area contributed by atoms with Crippen LogP contribution in [-0.4, -0.2) is 40.0 Å². The van der Waals surface area contributed by atoms with Crippen LogP contribution in [0.4, 0.5) is 0 Å². The zero-order chi connectivity index (χ0) is 14.2. The Labute approximate surface area is 124 Å². The quantitative estimate of drug-likeness (QED) is 0.718. The summed E-state index contributed by atoms with van der Waals surface area (Å²) in [4.78, 5) is 3.71. The molecule has 1 N–H and O–H groups in total. The first-order valence-electron chi connectivity index (χ1n) is 7.08. The van der Waals surface area contributed by atoms with Crippen molar-refractivity contribution in [3.8, 4) is 0 Å². The lowest BCUT2D eigenvalue weighted by atomic mass is 10.4. The van der Waals surface area contributed by atoms with Gasteiger partial charge in [0, 0.05) is 30.7 Å². The summed E-state index contributed by atoms with van der Waals surface area (Å²) < 4.78 is 1.92. The first-order chi connectivity index (χ1) is 9.78. The SMILES string of the molecule is CCCNCc1cn(CCN(C)Cc2cccs2)nn1. The molecule has 2 aromatic rings. The van der Waals surface area contributed by atoms with E-state index in [0.717, 1.165) is 44.8 Å². The van der Waals surface area contributed by atoms with Gasteiger partial charge in [-0.3, -0.25) is 9.58 Å². The van der Waals surface area contributed by atoms with Crippen molar-refractivity contribution in [3.05, 3.63) is 34.3 Å². The molecule has 6 heteroatoms. The molecule has 0 aromatic carbocycles. The molecule has 0 spiro atoms. The first-order valence-corrected chi connectivity index (χ1v) is 7.96. The summed E-state index contributed by atoms with van der Waals surface area (Å²) in [5.41, 5.74) is 1.01. The third kappa shape index (κ3) is 5.03. The summed E-state index contributed by atoms with van der Waals surface area (Å²) >= 11 is 1.80. The topological polar surface area (TPSA) is 46.0 Å². The largest absolute Gasteiger partial charge is 0.311 e. The minimum Gasteiger partial charge on any atom is -0.311 e. The van der Waals surface area contributed by atoms with Crippen molar-refractivity contribution in [1.82, 2.24) is 25.2 Å². The third-order valence-corrected chi connectivity index (χ3v) is 3.90. The van der Waals surface area contributed by atoms with Gasteiger partial charge in [0.2, 0.25) is 0 Å². The van der Waals surface area contributed by atoms with Gasteiger partial charge >= 0.3 is 0 Å². The molecule has 5 nitrogen and oxygen atoms in total. The average molecular weight is 293 g/mol. The van der Waals surface area contributed by atoms with Gasteiger partial charge < -0.3 is 5.32 Å². The van der Waals surface area contributed by atoms with Crippen molar-refractivity contribution < 1.29 is 0 Å². The van der Waals surface area contributed by atoms with Gasteiger partial charge in [-0.1, -0.05) is 18.2 Å². The maximum absolute atomic E-state index is 4.18. The number of nitrogens with one attached hydrogen (secondary N) is 1. The van der Waals surface area contributed by atoms with Crippen LogP contribution in [0.5, 0.6) is 0 Å². The van der Waals surface area contributed by atoms with E-state index in [1.165, 1.54) is 4.88 Å². The fraction of sp³-hybridized carbons (Fsp3) is 0.571. The van der Waals surface area contributed by atoms with Crippen LogP contribution < -0.4 is 5.32 Å². The Morgan fingerprint density at radius 1 is 1.45 bits per heavy atom. The summed E-state index contributed by atoms with van der Waals surface area (Å²) in [6.45, 7) is 6.84. The van der Waals surface area contributed by atoms with Gasteiger partial charge in [0.15, 0.2) is 0 Å². The van der Waals surface area contributed by atoms with Crippen LogP contribution in [0.2, 0.25) is 0 Å². The molecule has 110 valence electrons. The van der Waals surface area contributed by atoms with Crippen LogP contribution in [0.15, 0.2) is 23.7 Å². The lowest BCUT2D eigenvalue weighted by Crippen LogP contribution is -2.22.